The molecule has 1 saturated heterocycles. The van der Waals surface area contributed by atoms with E-state index in [2.05, 4.69) is 15.1 Å². The third-order valence-electron chi connectivity index (χ3n) is 4.22. The minimum Gasteiger partial charge on any atom is -0.476 e. The minimum atomic E-state index is 0.640. The number of ether oxygens (including phenoxy) is 2. The van der Waals surface area contributed by atoms with E-state index in [-0.39, 0.29) is 0 Å². The summed E-state index contributed by atoms with van der Waals surface area (Å²) in [5.41, 5.74) is 2.98. The van der Waals surface area contributed by atoms with Crippen LogP contribution < -0.4 is 4.74 Å². The number of morpholine rings is 1. The average molecular weight is 327 g/mol. The normalized spacial score (nSPS) is 15.4. The molecule has 1 aliphatic heterocycles. The van der Waals surface area contributed by atoms with Crippen LogP contribution in [0.25, 0.3) is 11.3 Å². The van der Waals surface area contributed by atoms with Gasteiger partial charge in [0.2, 0.25) is 5.88 Å². The minimum absolute atomic E-state index is 0.640. The number of benzene rings is 1. The van der Waals surface area contributed by atoms with Gasteiger partial charge in [0.15, 0.2) is 0 Å². The summed E-state index contributed by atoms with van der Waals surface area (Å²) in [6.07, 6.45) is 2.16. The van der Waals surface area contributed by atoms with Crippen molar-refractivity contribution in [3.63, 3.8) is 0 Å². The van der Waals surface area contributed by atoms with Crippen LogP contribution in [0.3, 0.4) is 0 Å². The molecule has 2 heterocycles. The predicted octanol–water partition coefficient (Wildman–Crippen LogP) is 2.94. The Bertz CT molecular complexity index is 628. The fourth-order valence-corrected chi connectivity index (χ4v) is 2.80. The Balaban J connectivity index is 1.44. The van der Waals surface area contributed by atoms with E-state index in [0.29, 0.717) is 12.5 Å². The maximum atomic E-state index is 5.80. The number of aromatic nitrogens is 2. The van der Waals surface area contributed by atoms with E-state index in [0.717, 1.165) is 62.5 Å². The van der Waals surface area contributed by atoms with Crippen molar-refractivity contribution >= 4 is 0 Å². The maximum absolute atomic E-state index is 5.80. The van der Waals surface area contributed by atoms with Crippen LogP contribution in [-0.2, 0) is 4.74 Å². The number of hydrogen-bond acceptors (Lipinski definition) is 5. The summed E-state index contributed by atoms with van der Waals surface area (Å²) in [5, 5.41) is 8.53. The maximum Gasteiger partial charge on any atom is 0.236 e. The summed E-state index contributed by atoms with van der Waals surface area (Å²) in [6.45, 7) is 7.63. The highest BCUT2D eigenvalue weighted by Crippen LogP contribution is 2.21. The Kier molecular flexibility index (Phi) is 6.15. The second-order valence-corrected chi connectivity index (χ2v) is 6.09. The van der Waals surface area contributed by atoms with Gasteiger partial charge in [0.25, 0.3) is 0 Å². The number of hydrogen-bond donors (Lipinski definition) is 0. The molecule has 1 fully saturated rings. The van der Waals surface area contributed by atoms with Crippen LogP contribution in [0, 0.1) is 6.92 Å². The van der Waals surface area contributed by atoms with E-state index in [1.165, 1.54) is 0 Å². The first-order valence-corrected chi connectivity index (χ1v) is 8.65. The Morgan fingerprint density at radius 3 is 2.62 bits per heavy atom. The Morgan fingerprint density at radius 2 is 1.88 bits per heavy atom. The molecule has 0 atom stereocenters. The molecule has 0 radical (unpaired) electrons. The Hall–Kier alpha value is -1.98. The smallest absolute Gasteiger partial charge is 0.236 e. The first-order chi connectivity index (χ1) is 11.8. The van der Waals surface area contributed by atoms with E-state index in [9.17, 15) is 0 Å². The highest BCUT2D eigenvalue weighted by atomic mass is 16.5. The Morgan fingerprint density at radius 1 is 1.08 bits per heavy atom. The highest BCUT2D eigenvalue weighted by molar-refractivity contribution is 5.59. The van der Waals surface area contributed by atoms with Gasteiger partial charge in [-0.3, -0.25) is 4.90 Å². The first kappa shape index (κ1) is 16.9. The molecular formula is C19H25N3O2. The van der Waals surface area contributed by atoms with E-state index in [1.807, 2.05) is 43.3 Å². The lowest BCUT2D eigenvalue weighted by molar-refractivity contribution is 0.0367. The summed E-state index contributed by atoms with van der Waals surface area (Å²) < 4.78 is 11.2. The van der Waals surface area contributed by atoms with E-state index >= 15 is 0 Å². The van der Waals surface area contributed by atoms with E-state index < -0.39 is 0 Å². The van der Waals surface area contributed by atoms with Gasteiger partial charge in [-0.05, 0) is 32.4 Å². The number of nitrogens with zero attached hydrogens (tertiary/aromatic N) is 3. The van der Waals surface area contributed by atoms with Gasteiger partial charge in [-0.15, -0.1) is 10.2 Å². The van der Waals surface area contributed by atoms with Crippen molar-refractivity contribution in [1.82, 2.24) is 15.1 Å². The molecule has 128 valence electrons. The topological polar surface area (TPSA) is 47.5 Å². The third kappa shape index (κ3) is 4.76. The van der Waals surface area contributed by atoms with Crippen LogP contribution in [0.5, 0.6) is 5.88 Å². The predicted molar refractivity (Wildman–Crippen MR) is 94.2 cm³/mol. The highest BCUT2D eigenvalue weighted by Gasteiger charge is 2.10. The second-order valence-electron chi connectivity index (χ2n) is 6.09. The van der Waals surface area contributed by atoms with Crippen molar-refractivity contribution in [2.45, 2.75) is 19.8 Å². The molecule has 1 aliphatic rings. The van der Waals surface area contributed by atoms with Crippen LogP contribution in [0.15, 0.2) is 36.4 Å². The lowest BCUT2D eigenvalue weighted by Gasteiger charge is -2.26. The molecule has 1 aromatic heterocycles. The summed E-state index contributed by atoms with van der Waals surface area (Å²) >= 11 is 0. The monoisotopic (exact) mass is 327 g/mol. The molecule has 24 heavy (non-hydrogen) atoms. The average Bonchev–Trinajstić information content (AvgIpc) is 2.64. The largest absolute Gasteiger partial charge is 0.476 e. The van der Waals surface area contributed by atoms with Crippen LogP contribution in [0.4, 0.5) is 0 Å². The van der Waals surface area contributed by atoms with Gasteiger partial charge in [0.1, 0.15) is 0 Å². The van der Waals surface area contributed by atoms with Crippen LogP contribution in [0.2, 0.25) is 0 Å². The lowest BCUT2D eigenvalue weighted by Crippen LogP contribution is -2.36. The van der Waals surface area contributed by atoms with E-state index in [4.69, 9.17) is 9.47 Å². The van der Waals surface area contributed by atoms with Gasteiger partial charge < -0.3 is 9.47 Å². The Labute approximate surface area is 143 Å². The van der Waals surface area contributed by atoms with Crippen molar-refractivity contribution in [3.05, 3.63) is 42.0 Å². The standard InChI is InChI=1S/C19H25N3O2/c1-16-15-18(17-7-3-2-4-8-17)20-21-19(16)24-12-6-5-9-22-10-13-23-14-11-22/h2-4,7-8,15H,5-6,9-14H2,1H3. The fourth-order valence-electron chi connectivity index (χ4n) is 2.80. The van der Waals surface area contributed by atoms with Crippen molar-refractivity contribution < 1.29 is 9.47 Å². The zero-order valence-electron chi connectivity index (χ0n) is 14.3. The summed E-state index contributed by atoms with van der Waals surface area (Å²) in [6, 6.07) is 12.1. The number of rotatable bonds is 7. The van der Waals surface area contributed by atoms with Gasteiger partial charge >= 0.3 is 0 Å². The molecule has 0 N–H and O–H groups in total. The zero-order chi connectivity index (χ0) is 16.6. The summed E-state index contributed by atoms with van der Waals surface area (Å²) in [5.74, 6) is 0.640. The number of unbranched alkanes of at least 4 members (excludes halogenated alkanes) is 1. The molecule has 3 rings (SSSR count). The lowest BCUT2D eigenvalue weighted by atomic mass is 10.1. The van der Waals surface area contributed by atoms with Crippen LogP contribution in [0.1, 0.15) is 18.4 Å². The molecular weight excluding hydrogens is 302 g/mol. The molecule has 0 spiro atoms. The van der Waals surface area contributed by atoms with Gasteiger partial charge in [-0.25, -0.2) is 0 Å². The molecule has 5 heteroatoms. The van der Waals surface area contributed by atoms with Crippen molar-refractivity contribution in [2.24, 2.45) is 0 Å². The van der Waals surface area contributed by atoms with E-state index in [1.54, 1.807) is 0 Å². The quantitative estimate of drug-likeness (QED) is 0.732. The van der Waals surface area contributed by atoms with Crippen molar-refractivity contribution in [1.29, 1.82) is 0 Å². The SMILES string of the molecule is Cc1cc(-c2ccccc2)nnc1OCCCCN1CCOCC1. The van der Waals surface area contributed by atoms with Gasteiger partial charge in [0, 0.05) is 24.2 Å². The molecule has 0 saturated carbocycles. The summed E-state index contributed by atoms with van der Waals surface area (Å²) in [4.78, 5) is 2.45. The molecule has 0 amide bonds. The fraction of sp³-hybridized carbons (Fsp3) is 0.474. The molecule has 2 aromatic rings. The van der Waals surface area contributed by atoms with Crippen molar-refractivity contribution in [2.75, 3.05) is 39.5 Å². The molecule has 5 nitrogen and oxygen atoms in total. The van der Waals surface area contributed by atoms with Gasteiger partial charge in [0.05, 0.1) is 25.5 Å². The first-order valence-electron chi connectivity index (χ1n) is 8.65. The summed E-state index contributed by atoms with van der Waals surface area (Å²) in [7, 11) is 0. The number of aryl methyl sites for hydroxylation is 1. The molecule has 0 aliphatic carbocycles. The van der Waals surface area contributed by atoms with Crippen LogP contribution in [-0.4, -0.2) is 54.6 Å². The second kappa shape index (κ2) is 8.76. The van der Waals surface area contributed by atoms with Crippen LogP contribution >= 0.6 is 0 Å². The van der Waals surface area contributed by atoms with Gasteiger partial charge in [-0.2, -0.15) is 0 Å². The molecule has 0 bridgehead atoms. The molecule has 0 unspecified atom stereocenters. The third-order valence-corrected chi connectivity index (χ3v) is 4.22. The zero-order valence-corrected chi connectivity index (χ0v) is 14.3. The van der Waals surface area contributed by atoms with Gasteiger partial charge in [-0.1, -0.05) is 30.3 Å². The molecule has 1 aromatic carbocycles. The van der Waals surface area contributed by atoms with Crippen molar-refractivity contribution in [3.8, 4) is 17.1 Å².